The van der Waals surface area contributed by atoms with Gasteiger partial charge in [0.25, 0.3) is 5.91 Å². The van der Waals surface area contributed by atoms with Crippen LogP contribution >= 0.6 is 0 Å². The summed E-state index contributed by atoms with van der Waals surface area (Å²) in [6.45, 7) is 1.34. The van der Waals surface area contributed by atoms with E-state index in [1.54, 1.807) is 24.3 Å². The Morgan fingerprint density at radius 3 is 2.27 bits per heavy atom. The van der Waals surface area contributed by atoms with Gasteiger partial charge >= 0.3 is 5.97 Å². The van der Waals surface area contributed by atoms with E-state index >= 15 is 0 Å². The fraction of sp³-hybridized carbons (Fsp3) is 0.222. The minimum absolute atomic E-state index is 0.336. The van der Waals surface area contributed by atoms with E-state index in [4.69, 9.17) is 14.2 Å². The van der Waals surface area contributed by atoms with Crippen molar-refractivity contribution in [3.8, 4) is 11.5 Å². The fourth-order valence-electron chi connectivity index (χ4n) is 1.91. The van der Waals surface area contributed by atoms with Gasteiger partial charge in [-0.3, -0.25) is 4.79 Å². The van der Waals surface area contributed by atoms with Crippen molar-refractivity contribution in [1.82, 2.24) is 0 Å². The van der Waals surface area contributed by atoms with Crippen molar-refractivity contribution < 1.29 is 32.6 Å². The first-order valence-corrected chi connectivity index (χ1v) is 7.74. The molecule has 6 nitrogen and oxygen atoms in total. The monoisotopic (exact) mass is 365 g/mol. The number of hydrogen-bond donors (Lipinski definition) is 1. The van der Waals surface area contributed by atoms with Crippen molar-refractivity contribution in [2.45, 2.75) is 6.92 Å². The maximum absolute atomic E-state index is 13.4. The smallest absolute Gasteiger partial charge is 0.344 e. The van der Waals surface area contributed by atoms with Crippen molar-refractivity contribution in [3.05, 3.63) is 54.1 Å². The zero-order valence-electron chi connectivity index (χ0n) is 14.0. The lowest BCUT2D eigenvalue weighted by Gasteiger charge is -2.09. The van der Waals surface area contributed by atoms with Crippen LogP contribution in [-0.2, 0) is 14.3 Å². The molecule has 138 valence electrons. The predicted octanol–water partition coefficient (Wildman–Crippen LogP) is 2.92. The van der Waals surface area contributed by atoms with Gasteiger partial charge in [0, 0.05) is 6.07 Å². The Balaban J connectivity index is 1.74. The molecule has 1 N–H and O–H groups in total. The number of ether oxygens (including phenoxy) is 3. The van der Waals surface area contributed by atoms with Crippen molar-refractivity contribution in [2.75, 3.05) is 25.1 Å². The predicted molar refractivity (Wildman–Crippen MR) is 89.1 cm³/mol. The van der Waals surface area contributed by atoms with Crippen molar-refractivity contribution in [2.24, 2.45) is 0 Å². The summed E-state index contributed by atoms with van der Waals surface area (Å²) in [6.07, 6.45) is 0. The molecule has 0 spiro atoms. The fourth-order valence-corrected chi connectivity index (χ4v) is 1.91. The van der Waals surface area contributed by atoms with Gasteiger partial charge in [-0.15, -0.1) is 0 Å². The number of carbonyl (C=O) groups excluding carboxylic acids is 2. The molecule has 0 heterocycles. The van der Waals surface area contributed by atoms with Gasteiger partial charge in [0.15, 0.2) is 13.2 Å². The van der Waals surface area contributed by atoms with Gasteiger partial charge < -0.3 is 19.5 Å². The second kappa shape index (κ2) is 9.36. The molecule has 0 saturated heterocycles. The highest BCUT2D eigenvalue weighted by Gasteiger charge is 2.11. The first kappa shape index (κ1) is 19.2. The summed E-state index contributed by atoms with van der Waals surface area (Å²) in [5.74, 6) is -2.00. The Kier molecular flexibility index (Phi) is 6.90. The van der Waals surface area contributed by atoms with E-state index in [2.05, 4.69) is 5.32 Å². The highest BCUT2D eigenvalue weighted by molar-refractivity contribution is 5.92. The lowest BCUT2D eigenvalue weighted by atomic mass is 10.3. The molecule has 26 heavy (non-hydrogen) atoms. The van der Waals surface area contributed by atoms with E-state index in [1.165, 1.54) is 0 Å². The molecule has 0 aromatic heterocycles. The molecule has 8 heteroatoms. The number of amides is 1. The van der Waals surface area contributed by atoms with Crippen molar-refractivity contribution in [1.29, 1.82) is 0 Å². The molecule has 0 aliphatic heterocycles. The topological polar surface area (TPSA) is 73.9 Å². The molecular weight excluding hydrogens is 348 g/mol. The zero-order valence-corrected chi connectivity index (χ0v) is 14.0. The first-order valence-electron chi connectivity index (χ1n) is 7.74. The maximum atomic E-state index is 13.4. The Hall–Kier alpha value is -3.16. The Bertz CT molecular complexity index is 765. The second-order valence-corrected chi connectivity index (χ2v) is 5.03. The van der Waals surface area contributed by atoms with Gasteiger partial charge in [-0.1, -0.05) is 0 Å². The minimum atomic E-state index is -0.802. The number of carbonyl (C=O) groups is 2. The average molecular weight is 365 g/mol. The van der Waals surface area contributed by atoms with Crippen LogP contribution in [0.1, 0.15) is 6.92 Å². The number of esters is 1. The van der Waals surface area contributed by atoms with Crippen LogP contribution in [0.2, 0.25) is 0 Å². The van der Waals surface area contributed by atoms with Crippen LogP contribution < -0.4 is 14.8 Å². The Morgan fingerprint density at radius 2 is 1.62 bits per heavy atom. The molecule has 0 radical (unpaired) electrons. The normalized spacial score (nSPS) is 10.1. The molecule has 0 atom stereocenters. The minimum Gasteiger partial charge on any atom is -0.494 e. The molecule has 2 rings (SSSR count). The van der Waals surface area contributed by atoms with Gasteiger partial charge in [-0.05, 0) is 43.3 Å². The molecule has 0 fully saturated rings. The largest absolute Gasteiger partial charge is 0.494 e. The quantitative estimate of drug-likeness (QED) is 0.728. The SMILES string of the molecule is CCOc1ccc(OCC(=O)OCC(=O)Nc2cc(F)ccc2F)cc1. The van der Waals surface area contributed by atoms with Gasteiger partial charge in [0.1, 0.15) is 23.1 Å². The van der Waals surface area contributed by atoms with Crippen LogP contribution in [0.3, 0.4) is 0 Å². The first-order chi connectivity index (χ1) is 12.5. The van der Waals surface area contributed by atoms with Crippen LogP contribution in [0.15, 0.2) is 42.5 Å². The molecule has 2 aromatic rings. The highest BCUT2D eigenvalue weighted by Crippen LogP contribution is 2.17. The van der Waals surface area contributed by atoms with Crippen LogP contribution in [0.25, 0.3) is 0 Å². The van der Waals surface area contributed by atoms with E-state index in [0.29, 0.717) is 18.1 Å². The summed E-state index contributed by atoms with van der Waals surface area (Å²) in [6, 6.07) is 9.24. The van der Waals surface area contributed by atoms with E-state index in [-0.39, 0.29) is 5.69 Å². The summed E-state index contributed by atoms with van der Waals surface area (Å²) in [5.41, 5.74) is -0.336. The highest BCUT2D eigenvalue weighted by atomic mass is 19.1. The number of benzene rings is 2. The summed E-state index contributed by atoms with van der Waals surface area (Å²) >= 11 is 0. The second-order valence-electron chi connectivity index (χ2n) is 5.03. The maximum Gasteiger partial charge on any atom is 0.344 e. The molecule has 2 aromatic carbocycles. The molecule has 1 amide bonds. The van der Waals surface area contributed by atoms with Crippen LogP contribution in [0.5, 0.6) is 11.5 Å². The summed E-state index contributed by atoms with van der Waals surface area (Å²) in [7, 11) is 0. The van der Waals surface area contributed by atoms with Gasteiger partial charge in [0.05, 0.1) is 12.3 Å². The third-order valence-electron chi connectivity index (χ3n) is 3.06. The third kappa shape index (κ3) is 6.04. The number of anilines is 1. The number of rotatable bonds is 8. The van der Waals surface area contributed by atoms with Gasteiger partial charge in [-0.25, -0.2) is 13.6 Å². The standard InChI is InChI=1S/C18H17F2NO5/c1-2-24-13-4-6-14(7-5-13)25-11-18(23)26-10-17(22)21-16-9-12(19)3-8-15(16)20/h3-9H,2,10-11H2,1H3,(H,21,22). The van der Waals surface area contributed by atoms with Gasteiger partial charge in [-0.2, -0.15) is 0 Å². The molecule has 0 bridgehead atoms. The number of halogens is 2. The van der Waals surface area contributed by atoms with E-state index < -0.39 is 36.7 Å². The van der Waals surface area contributed by atoms with Crippen LogP contribution in [0, 0.1) is 11.6 Å². The molecule has 0 saturated carbocycles. The Morgan fingerprint density at radius 1 is 0.962 bits per heavy atom. The summed E-state index contributed by atoms with van der Waals surface area (Å²) < 4.78 is 41.6. The molecule has 0 aliphatic rings. The summed E-state index contributed by atoms with van der Waals surface area (Å²) in [4.78, 5) is 23.2. The Labute approximate surface area is 148 Å². The van der Waals surface area contributed by atoms with Crippen molar-refractivity contribution in [3.63, 3.8) is 0 Å². The van der Waals surface area contributed by atoms with E-state index in [1.807, 2.05) is 6.92 Å². The lowest BCUT2D eigenvalue weighted by molar-refractivity contribution is -0.149. The van der Waals surface area contributed by atoms with Crippen molar-refractivity contribution >= 4 is 17.6 Å². The number of hydrogen-bond acceptors (Lipinski definition) is 5. The molecular formula is C18H17F2NO5. The average Bonchev–Trinajstić information content (AvgIpc) is 2.63. The number of nitrogens with one attached hydrogen (secondary N) is 1. The third-order valence-corrected chi connectivity index (χ3v) is 3.06. The molecule has 0 aliphatic carbocycles. The molecule has 0 unspecified atom stereocenters. The van der Waals surface area contributed by atoms with Crippen LogP contribution in [0.4, 0.5) is 14.5 Å². The van der Waals surface area contributed by atoms with Crippen LogP contribution in [-0.4, -0.2) is 31.7 Å². The van der Waals surface area contributed by atoms with Gasteiger partial charge in [0.2, 0.25) is 0 Å². The lowest BCUT2D eigenvalue weighted by Crippen LogP contribution is -2.24. The summed E-state index contributed by atoms with van der Waals surface area (Å²) in [5, 5.41) is 2.11. The zero-order chi connectivity index (χ0) is 18.9. The van der Waals surface area contributed by atoms with E-state index in [9.17, 15) is 18.4 Å². The van der Waals surface area contributed by atoms with E-state index in [0.717, 1.165) is 18.2 Å².